The monoisotopic (exact) mass is 297 g/mol. The van der Waals surface area contributed by atoms with Gasteiger partial charge in [0.2, 0.25) is 0 Å². The van der Waals surface area contributed by atoms with Crippen molar-refractivity contribution in [3.8, 4) is 5.75 Å². The zero-order chi connectivity index (χ0) is 14.7. The van der Waals surface area contributed by atoms with Gasteiger partial charge >= 0.3 is 0 Å². The third-order valence-corrected chi connectivity index (χ3v) is 3.28. The normalized spacial score (nSPS) is 12.1. The standard InChI is InChI=1S/C15H14ClF2NO/c1-9(10-3-6-13(17)15(7-10)20-2)19-11-4-5-12(16)14(18)8-11/h3-9,19H,1-2H3. The molecule has 0 aliphatic carbocycles. The first-order valence-corrected chi connectivity index (χ1v) is 6.44. The van der Waals surface area contributed by atoms with Gasteiger partial charge < -0.3 is 10.1 Å². The Morgan fingerprint density at radius 3 is 2.50 bits per heavy atom. The summed E-state index contributed by atoms with van der Waals surface area (Å²) in [6.07, 6.45) is 0. The van der Waals surface area contributed by atoms with Crippen molar-refractivity contribution in [3.05, 3.63) is 58.6 Å². The first kappa shape index (κ1) is 14.6. The molecule has 0 aromatic heterocycles. The number of nitrogens with one attached hydrogen (secondary N) is 1. The van der Waals surface area contributed by atoms with Crippen LogP contribution in [0.25, 0.3) is 0 Å². The van der Waals surface area contributed by atoms with Crippen molar-refractivity contribution in [1.82, 2.24) is 0 Å². The van der Waals surface area contributed by atoms with Crippen LogP contribution in [0.5, 0.6) is 5.75 Å². The molecule has 2 aromatic rings. The van der Waals surface area contributed by atoms with E-state index in [1.165, 1.54) is 25.3 Å². The Balaban J connectivity index is 2.19. The summed E-state index contributed by atoms with van der Waals surface area (Å²) in [6.45, 7) is 1.89. The minimum atomic E-state index is -0.486. The highest BCUT2D eigenvalue weighted by molar-refractivity contribution is 6.30. The van der Waals surface area contributed by atoms with Crippen molar-refractivity contribution in [2.75, 3.05) is 12.4 Å². The van der Waals surface area contributed by atoms with Gasteiger partial charge in [0, 0.05) is 11.7 Å². The zero-order valence-corrected chi connectivity index (χ0v) is 11.8. The van der Waals surface area contributed by atoms with Crippen LogP contribution in [-0.2, 0) is 0 Å². The summed E-state index contributed by atoms with van der Waals surface area (Å²) < 4.78 is 31.7. The van der Waals surface area contributed by atoms with Crippen LogP contribution in [0.3, 0.4) is 0 Å². The van der Waals surface area contributed by atoms with E-state index < -0.39 is 11.6 Å². The van der Waals surface area contributed by atoms with E-state index >= 15 is 0 Å². The molecule has 0 aliphatic heterocycles. The molecule has 20 heavy (non-hydrogen) atoms. The molecule has 0 fully saturated rings. The molecule has 0 spiro atoms. The molecule has 1 unspecified atom stereocenters. The van der Waals surface area contributed by atoms with Crippen molar-refractivity contribution in [3.63, 3.8) is 0 Å². The highest BCUT2D eigenvalue weighted by Crippen LogP contribution is 2.26. The van der Waals surface area contributed by atoms with Crippen molar-refractivity contribution >= 4 is 17.3 Å². The fraction of sp³-hybridized carbons (Fsp3) is 0.200. The first-order valence-electron chi connectivity index (χ1n) is 6.06. The smallest absolute Gasteiger partial charge is 0.165 e. The molecular weight excluding hydrogens is 284 g/mol. The Kier molecular flexibility index (Phi) is 4.45. The summed E-state index contributed by atoms with van der Waals surface area (Å²) in [7, 11) is 1.41. The number of anilines is 1. The molecule has 0 heterocycles. The van der Waals surface area contributed by atoms with Gasteiger partial charge in [0.15, 0.2) is 11.6 Å². The Labute approximate surface area is 121 Å². The van der Waals surface area contributed by atoms with Gasteiger partial charge in [-0.3, -0.25) is 0 Å². The van der Waals surface area contributed by atoms with Gasteiger partial charge in [-0.2, -0.15) is 0 Å². The van der Waals surface area contributed by atoms with E-state index in [1.54, 1.807) is 18.2 Å². The van der Waals surface area contributed by atoms with Gasteiger partial charge in [0.05, 0.1) is 12.1 Å². The molecule has 0 amide bonds. The van der Waals surface area contributed by atoms with Crippen molar-refractivity contribution < 1.29 is 13.5 Å². The highest BCUT2D eigenvalue weighted by Gasteiger charge is 2.10. The van der Waals surface area contributed by atoms with Crippen molar-refractivity contribution in [2.24, 2.45) is 0 Å². The van der Waals surface area contributed by atoms with Crippen LogP contribution in [0, 0.1) is 11.6 Å². The molecule has 0 saturated heterocycles. The average Bonchev–Trinajstić information content (AvgIpc) is 2.43. The van der Waals surface area contributed by atoms with E-state index in [9.17, 15) is 8.78 Å². The van der Waals surface area contributed by atoms with Crippen LogP contribution in [0.15, 0.2) is 36.4 Å². The number of hydrogen-bond acceptors (Lipinski definition) is 2. The number of hydrogen-bond donors (Lipinski definition) is 1. The van der Waals surface area contributed by atoms with Gasteiger partial charge in [0.1, 0.15) is 5.82 Å². The van der Waals surface area contributed by atoms with E-state index in [2.05, 4.69) is 5.32 Å². The predicted octanol–water partition coefficient (Wildman–Crippen LogP) is 4.80. The molecule has 2 nitrogen and oxygen atoms in total. The Hall–Kier alpha value is -1.81. The molecule has 0 bridgehead atoms. The molecule has 2 rings (SSSR count). The largest absolute Gasteiger partial charge is 0.494 e. The van der Waals surface area contributed by atoms with E-state index in [-0.39, 0.29) is 16.8 Å². The van der Waals surface area contributed by atoms with E-state index in [4.69, 9.17) is 16.3 Å². The molecule has 1 N–H and O–H groups in total. The van der Waals surface area contributed by atoms with E-state index in [0.717, 1.165) is 5.56 Å². The molecule has 0 radical (unpaired) electrons. The second-order valence-corrected chi connectivity index (χ2v) is 4.80. The molecule has 0 aliphatic rings. The topological polar surface area (TPSA) is 21.3 Å². The number of methoxy groups -OCH3 is 1. The number of benzene rings is 2. The molecule has 2 aromatic carbocycles. The van der Waals surface area contributed by atoms with Crippen LogP contribution >= 0.6 is 11.6 Å². The third kappa shape index (κ3) is 3.20. The summed E-state index contributed by atoms with van der Waals surface area (Å²) in [4.78, 5) is 0. The quantitative estimate of drug-likeness (QED) is 0.875. The Bertz CT molecular complexity index is 619. The Morgan fingerprint density at radius 2 is 1.85 bits per heavy atom. The average molecular weight is 298 g/mol. The van der Waals surface area contributed by atoms with Gasteiger partial charge in [-0.1, -0.05) is 17.7 Å². The molecule has 5 heteroatoms. The van der Waals surface area contributed by atoms with Crippen LogP contribution in [0.1, 0.15) is 18.5 Å². The third-order valence-electron chi connectivity index (χ3n) is 2.98. The maximum Gasteiger partial charge on any atom is 0.165 e. The molecule has 106 valence electrons. The van der Waals surface area contributed by atoms with Gasteiger partial charge in [-0.25, -0.2) is 8.78 Å². The lowest BCUT2D eigenvalue weighted by Gasteiger charge is -2.17. The number of ether oxygens (including phenoxy) is 1. The predicted molar refractivity (Wildman–Crippen MR) is 76.4 cm³/mol. The summed E-state index contributed by atoms with van der Waals surface area (Å²) in [5.74, 6) is -0.722. The lowest BCUT2D eigenvalue weighted by molar-refractivity contribution is 0.385. The minimum absolute atomic E-state index is 0.0756. The summed E-state index contributed by atoms with van der Waals surface area (Å²) in [5.41, 5.74) is 1.43. The second-order valence-electron chi connectivity index (χ2n) is 4.39. The van der Waals surface area contributed by atoms with Crippen LogP contribution in [0.2, 0.25) is 5.02 Å². The number of rotatable bonds is 4. The first-order chi connectivity index (χ1) is 9.51. The van der Waals surface area contributed by atoms with Gasteiger partial charge in [0.25, 0.3) is 0 Å². The lowest BCUT2D eigenvalue weighted by atomic mass is 10.1. The van der Waals surface area contributed by atoms with Crippen molar-refractivity contribution in [1.29, 1.82) is 0 Å². The maximum atomic E-state index is 13.4. The van der Waals surface area contributed by atoms with Gasteiger partial charge in [-0.05, 0) is 42.8 Å². The summed E-state index contributed by atoms with van der Waals surface area (Å²) in [5, 5.41) is 3.20. The molecule has 0 saturated carbocycles. The van der Waals surface area contributed by atoms with E-state index in [1.807, 2.05) is 6.92 Å². The van der Waals surface area contributed by atoms with Crippen LogP contribution in [-0.4, -0.2) is 7.11 Å². The highest BCUT2D eigenvalue weighted by atomic mass is 35.5. The SMILES string of the molecule is COc1cc(C(C)Nc2ccc(Cl)c(F)c2)ccc1F. The zero-order valence-electron chi connectivity index (χ0n) is 11.1. The fourth-order valence-corrected chi connectivity index (χ4v) is 1.98. The fourth-order valence-electron chi connectivity index (χ4n) is 1.86. The Morgan fingerprint density at radius 1 is 1.10 bits per heavy atom. The van der Waals surface area contributed by atoms with Crippen molar-refractivity contribution in [2.45, 2.75) is 13.0 Å². The molecular formula is C15H14ClF2NO. The van der Waals surface area contributed by atoms with Crippen LogP contribution < -0.4 is 10.1 Å². The maximum absolute atomic E-state index is 13.4. The molecule has 1 atom stereocenters. The van der Waals surface area contributed by atoms with Gasteiger partial charge in [-0.15, -0.1) is 0 Å². The van der Waals surface area contributed by atoms with Crippen LogP contribution in [0.4, 0.5) is 14.5 Å². The second kappa shape index (κ2) is 6.09. The minimum Gasteiger partial charge on any atom is -0.494 e. The van der Waals surface area contributed by atoms with E-state index in [0.29, 0.717) is 5.69 Å². The lowest BCUT2D eigenvalue weighted by Crippen LogP contribution is -2.07. The number of halogens is 3. The summed E-state index contributed by atoms with van der Waals surface area (Å²) >= 11 is 5.63. The summed E-state index contributed by atoms with van der Waals surface area (Å²) in [6, 6.07) is 8.96.